The molecule has 0 atom stereocenters. The van der Waals surface area contributed by atoms with Gasteiger partial charge in [0.05, 0.1) is 11.9 Å². The molecule has 3 heterocycles. The summed E-state index contributed by atoms with van der Waals surface area (Å²) in [6.07, 6.45) is 0.233. The maximum Gasteiger partial charge on any atom is 0.574 e. The van der Waals surface area contributed by atoms with Crippen molar-refractivity contribution in [2.24, 2.45) is 0 Å². The Balaban J connectivity index is 1.70. The summed E-state index contributed by atoms with van der Waals surface area (Å²) in [5.41, 5.74) is 1.74. The number of nitrogens with one attached hydrogen (secondary N) is 1. The van der Waals surface area contributed by atoms with Crippen LogP contribution >= 0.6 is 0 Å². The van der Waals surface area contributed by atoms with Gasteiger partial charge in [0.15, 0.2) is 0 Å². The zero-order chi connectivity index (χ0) is 22.6. The first-order valence-electron chi connectivity index (χ1n) is 9.61. The van der Waals surface area contributed by atoms with Gasteiger partial charge in [-0.05, 0) is 51.0 Å². The summed E-state index contributed by atoms with van der Waals surface area (Å²) in [7, 11) is 0. The van der Waals surface area contributed by atoms with Gasteiger partial charge in [-0.3, -0.25) is 0 Å². The van der Waals surface area contributed by atoms with Crippen molar-refractivity contribution in [3.63, 3.8) is 0 Å². The molecule has 1 N–H and O–H groups in total. The molecule has 2 aromatic heterocycles. The summed E-state index contributed by atoms with van der Waals surface area (Å²) in [6.45, 7) is 6.37. The van der Waals surface area contributed by atoms with Crippen molar-refractivity contribution in [2.75, 3.05) is 18.4 Å². The molecule has 0 saturated carbocycles. The van der Waals surface area contributed by atoms with Gasteiger partial charge in [0.1, 0.15) is 11.4 Å². The SMILES string of the molecule is CC(C)(C)OC(=O)N1CC=C(c2cccnc2Nc2ccc(OC(F)(F)F)nc2)CC1. The fourth-order valence-electron chi connectivity index (χ4n) is 2.94. The molecule has 7 nitrogen and oxygen atoms in total. The van der Waals surface area contributed by atoms with E-state index in [1.165, 1.54) is 12.3 Å². The van der Waals surface area contributed by atoms with E-state index >= 15 is 0 Å². The van der Waals surface area contributed by atoms with Crippen molar-refractivity contribution in [2.45, 2.75) is 39.2 Å². The number of amides is 1. The summed E-state index contributed by atoms with van der Waals surface area (Å²) in [4.78, 5) is 21.9. The van der Waals surface area contributed by atoms with E-state index in [1.807, 2.05) is 32.9 Å². The van der Waals surface area contributed by atoms with Crippen molar-refractivity contribution in [1.29, 1.82) is 0 Å². The smallest absolute Gasteiger partial charge is 0.444 e. The van der Waals surface area contributed by atoms with E-state index in [0.717, 1.165) is 17.2 Å². The lowest BCUT2D eigenvalue weighted by Gasteiger charge is -2.30. The van der Waals surface area contributed by atoms with Crippen LogP contribution in [0, 0.1) is 0 Å². The Bertz CT molecular complexity index is 954. The van der Waals surface area contributed by atoms with Crippen LogP contribution in [0.3, 0.4) is 0 Å². The molecule has 31 heavy (non-hydrogen) atoms. The molecule has 0 radical (unpaired) electrons. The maximum atomic E-state index is 12.3. The predicted molar refractivity (Wildman–Crippen MR) is 109 cm³/mol. The molecule has 0 saturated heterocycles. The Morgan fingerprint density at radius 2 is 1.94 bits per heavy atom. The summed E-state index contributed by atoms with van der Waals surface area (Å²) in [6, 6.07) is 6.22. The second kappa shape index (κ2) is 8.83. The van der Waals surface area contributed by atoms with Crippen molar-refractivity contribution in [1.82, 2.24) is 14.9 Å². The molecule has 1 aliphatic rings. The zero-order valence-corrected chi connectivity index (χ0v) is 17.4. The number of hydrogen-bond donors (Lipinski definition) is 1. The number of rotatable bonds is 4. The topological polar surface area (TPSA) is 76.6 Å². The highest BCUT2D eigenvalue weighted by Gasteiger charge is 2.31. The van der Waals surface area contributed by atoms with Crippen LogP contribution in [0.1, 0.15) is 32.8 Å². The van der Waals surface area contributed by atoms with Crippen LogP contribution in [0.2, 0.25) is 0 Å². The van der Waals surface area contributed by atoms with Gasteiger partial charge in [0.25, 0.3) is 0 Å². The quantitative estimate of drug-likeness (QED) is 0.715. The summed E-state index contributed by atoms with van der Waals surface area (Å²) in [5, 5.41) is 3.07. The van der Waals surface area contributed by atoms with E-state index in [4.69, 9.17) is 4.74 Å². The lowest BCUT2D eigenvalue weighted by atomic mass is 10.00. The van der Waals surface area contributed by atoms with E-state index in [-0.39, 0.29) is 6.09 Å². The zero-order valence-electron chi connectivity index (χ0n) is 17.4. The molecule has 1 aliphatic heterocycles. The molecule has 3 rings (SSSR count). The second-order valence-electron chi connectivity index (χ2n) is 7.86. The maximum absolute atomic E-state index is 12.3. The molecule has 0 fully saturated rings. The molecular weight excluding hydrogens is 413 g/mol. The highest BCUT2D eigenvalue weighted by atomic mass is 19.4. The van der Waals surface area contributed by atoms with Gasteiger partial charge in [0, 0.05) is 30.9 Å². The van der Waals surface area contributed by atoms with Crippen LogP contribution in [0.15, 0.2) is 42.7 Å². The number of carbonyl (C=O) groups is 1. The van der Waals surface area contributed by atoms with E-state index in [0.29, 0.717) is 31.0 Å². The minimum absolute atomic E-state index is 0.362. The normalized spacial score (nSPS) is 14.6. The lowest BCUT2D eigenvalue weighted by molar-refractivity contribution is -0.276. The van der Waals surface area contributed by atoms with Crippen LogP contribution in [-0.2, 0) is 4.74 Å². The molecule has 0 aliphatic carbocycles. The number of aromatic nitrogens is 2. The van der Waals surface area contributed by atoms with E-state index in [1.54, 1.807) is 17.2 Å². The van der Waals surface area contributed by atoms with E-state index < -0.39 is 17.8 Å². The predicted octanol–water partition coefficient (Wildman–Crippen LogP) is 5.14. The van der Waals surface area contributed by atoms with E-state index in [2.05, 4.69) is 20.0 Å². The Morgan fingerprint density at radius 1 is 1.16 bits per heavy atom. The number of ether oxygens (including phenoxy) is 2. The van der Waals surface area contributed by atoms with Crippen molar-refractivity contribution >= 4 is 23.2 Å². The number of halogens is 3. The average molecular weight is 436 g/mol. The van der Waals surface area contributed by atoms with Gasteiger partial charge in [-0.15, -0.1) is 13.2 Å². The van der Waals surface area contributed by atoms with Gasteiger partial charge in [-0.1, -0.05) is 6.08 Å². The Morgan fingerprint density at radius 3 is 2.52 bits per heavy atom. The largest absolute Gasteiger partial charge is 0.574 e. The first-order valence-corrected chi connectivity index (χ1v) is 9.61. The van der Waals surface area contributed by atoms with Gasteiger partial charge in [0.2, 0.25) is 5.88 Å². The fraction of sp³-hybridized carbons (Fsp3) is 0.381. The molecule has 0 bridgehead atoms. The molecule has 2 aromatic rings. The van der Waals surface area contributed by atoms with Crippen molar-refractivity contribution in [3.8, 4) is 5.88 Å². The highest BCUT2D eigenvalue weighted by Crippen LogP contribution is 2.30. The monoisotopic (exact) mass is 436 g/mol. The molecule has 0 spiro atoms. The van der Waals surface area contributed by atoms with Gasteiger partial charge in [-0.25, -0.2) is 14.8 Å². The third kappa shape index (κ3) is 6.59. The summed E-state index contributed by atoms with van der Waals surface area (Å²) < 4.78 is 46.0. The van der Waals surface area contributed by atoms with Crippen LogP contribution in [0.4, 0.5) is 29.5 Å². The van der Waals surface area contributed by atoms with Crippen LogP contribution < -0.4 is 10.1 Å². The number of alkyl halides is 3. The lowest BCUT2D eigenvalue weighted by Crippen LogP contribution is -2.39. The Hall–Kier alpha value is -3.30. The fourth-order valence-corrected chi connectivity index (χ4v) is 2.94. The molecular formula is C21H23F3N4O3. The number of hydrogen-bond acceptors (Lipinski definition) is 6. The standard InChI is InChI=1S/C21H23F3N4O3/c1-20(2,3)31-19(29)28-11-8-14(9-12-28)16-5-4-10-25-18(16)27-15-6-7-17(26-13-15)30-21(22,23)24/h4-8,10,13H,9,11-12H2,1-3H3,(H,25,27). The molecule has 166 valence electrons. The first-order chi connectivity index (χ1) is 14.5. The second-order valence-corrected chi connectivity index (χ2v) is 7.86. The van der Waals surface area contributed by atoms with Gasteiger partial charge in [-0.2, -0.15) is 0 Å². The van der Waals surface area contributed by atoms with Crippen LogP contribution in [0.5, 0.6) is 5.88 Å². The minimum atomic E-state index is -4.79. The van der Waals surface area contributed by atoms with Crippen LogP contribution in [0.25, 0.3) is 5.57 Å². The van der Waals surface area contributed by atoms with Gasteiger partial charge < -0.3 is 19.7 Å². The van der Waals surface area contributed by atoms with Crippen molar-refractivity contribution < 1.29 is 27.4 Å². The summed E-state index contributed by atoms with van der Waals surface area (Å²) in [5.74, 6) is -0.0118. The van der Waals surface area contributed by atoms with Crippen molar-refractivity contribution in [3.05, 3.63) is 48.3 Å². The molecule has 0 unspecified atom stereocenters. The molecule has 0 aromatic carbocycles. The molecule has 1 amide bonds. The highest BCUT2D eigenvalue weighted by molar-refractivity contribution is 5.78. The Kier molecular flexibility index (Phi) is 6.37. The average Bonchev–Trinajstić information content (AvgIpc) is 2.68. The number of pyridine rings is 2. The number of nitrogens with zero attached hydrogens (tertiary/aromatic N) is 3. The van der Waals surface area contributed by atoms with Gasteiger partial charge >= 0.3 is 12.5 Å². The van der Waals surface area contributed by atoms with Crippen LogP contribution in [-0.4, -0.2) is 46.0 Å². The third-order valence-electron chi connectivity index (χ3n) is 4.23. The first kappa shape index (κ1) is 22.4. The third-order valence-corrected chi connectivity index (χ3v) is 4.23. The summed E-state index contributed by atoms with van der Waals surface area (Å²) >= 11 is 0. The Labute approximate surface area is 177 Å². The number of anilines is 2. The van der Waals surface area contributed by atoms with E-state index in [9.17, 15) is 18.0 Å². The molecule has 10 heteroatoms. The minimum Gasteiger partial charge on any atom is -0.444 e. The number of carbonyl (C=O) groups excluding carboxylic acids is 1.